The van der Waals surface area contributed by atoms with Gasteiger partial charge in [-0.2, -0.15) is 0 Å². The fourth-order valence-corrected chi connectivity index (χ4v) is 5.29. The minimum absolute atomic E-state index is 0.0717. The predicted octanol–water partition coefficient (Wildman–Crippen LogP) is 4.26. The van der Waals surface area contributed by atoms with Gasteiger partial charge in [0.2, 0.25) is 5.43 Å². The third kappa shape index (κ3) is 3.93. The van der Waals surface area contributed by atoms with Crippen molar-refractivity contribution in [3.8, 4) is 17.2 Å². The Labute approximate surface area is 217 Å². The van der Waals surface area contributed by atoms with E-state index in [1.165, 1.54) is 13.2 Å². The Bertz CT molecular complexity index is 1640. The van der Waals surface area contributed by atoms with Crippen LogP contribution in [0.5, 0.6) is 11.5 Å². The molecule has 2 aliphatic rings. The summed E-state index contributed by atoms with van der Waals surface area (Å²) < 4.78 is 29.3. The van der Waals surface area contributed by atoms with E-state index in [0.29, 0.717) is 36.7 Å². The number of carbonyl (C=O) groups is 1. The van der Waals surface area contributed by atoms with Crippen LogP contribution in [0.2, 0.25) is 0 Å². The van der Waals surface area contributed by atoms with Gasteiger partial charge in [0, 0.05) is 32.9 Å². The number of nitrogens with zero attached hydrogens (tertiary/aromatic N) is 2. The zero-order valence-corrected chi connectivity index (χ0v) is 20.8. The maximum Gasteiger partial charge on any atom is 0.341 e. The van der Waals surface area contributed by atoms with Crippen LogP contribution in [0.15, 0.2) is 47.4 Å². The summed E-state index contributed by atoms with van der Waals surface area (Å²) in [6, 6.07) is 11.4. The highest BCUT2D eigenvalue weighted by atomic mass is 19.1. The van der Waals surface area contributed by atoms with E-state index in [1.807, 2.05) is 36.4 Å². The van der Waals surface area contributed by atoms with Gasteiger partial charge in [-0.05, 0) is 35.9 Å². The first-order valence-corrected chi connectivity index (χ1v) is 12.6. The number of hydrogen-bond acceptors (Lipinski definition) is 7. The molecular formula is C28H27FN4O5. The van der Waals surface area contributed by atoms with Crippen LogP contribution in [-0.4, -0.2) is 67.0 Å². The van der Waals surface area contributed by atoms with E-state index in [2.05, 4.69) is 15.5 Å². The third-order valence-electron chi connectivity index (χ3n) is 7.17. The van der Waals surface area contributed by atoms with E-state index < -0.39 is 22.8 Å². The average Bonchev–Trinajstić information content (AvgIpc) is 2.93. The van der Waals surface area contributed by atoms with Gasteiger partial charge in [-0.3, -0.25) is 9.69 Å². The highest BCUT2D eigenvalue weighted by Crippen LogP contribution is 2.48. The molecule has 6 rings (SSSR count). The van der Waals surface area contributed by atoms with Crippen LogP contribution in [0.3, 0.4) is 0 Å². The first-order chi connectivity index (χ1) is 18.5. The maximum atomic E-state index is 16.0. The van der Waals surface area contributed by atoms with Crippen LogP contribution in [0.1, 0.15) is 16.8 Å². The molecular weight excluding hydrogens is 491 g/mol. The predicted molar refractivity (Wildman–Crippen MR) is 144 cm³/mol. The SMILES string of the molecule is CNc1c(F)c(NCCCN2CCOCC2)c2c3c1c(=O)c(C(=O)O)cn3-c1cc3ccccc3cc1O2. The second-order valence-electron chi connectivity index (χ2n) is 9.42. The van der Waals surface area contributed by atoms with Gasteiger partial charge in [0.1, 0.15) is 16.8 Å². The number of carboxylic acid groups (broad SMARTS) is 1. The van der Waals surface area contributed by atoms with E-state index in [4.69, 9.17) is 9.47 Å². The largest absolute Gasteiger partial charge is 0.477 e. The van der Waals surface area contributed by atoms with Gasteiger partial charge >= 0.3 is 5.97 Å². The number of halogens is 1. The second-order valence-corrected chi connectivity index (χ2v) is 9.42. The van der Waals surface area contributed by atoms with E-state index >= 15 is 4.39 Å². The lowest BCUT2D eigenvalue weighted by molar-refractivity contribution is 0.0378. The van der Waals surface area contributed by atoms with Crippen molar-refractivity contribution in [3.05, 3.63) is 64.2 Å². The van der Waals surface area contributed by atoms with Crippen molar-refractivity contribution in [2.45, 2.75) is 6.42 Å². The molecule has 1 aromatic heterocycles. The van der Waals surface area contributed by atoms with Crippen LogP contribution in [0.25, 0.3) is 27.4 Å². The van der Waals surface area contributed by atoms with Crippen LogP contribution in [0, 0.1) is 5.82 Å². The molecule has 0 atom stereocenters. The van der Waals surface area contributed by atoms with Gasteiger partial charge < -0.3 is 29.8 Å². The van der Waals surface area contributed by atoms with Gasteiger partial charge in [-0.15, -0.1) is 0 Å². The minimum Gasteiger partial charge on any atom is -0.477 e. The summed E-state index contributed by atoms with van der Waals surface area (Å²) in [4.78, 5) is 27.7. The molecule has 2 aliphatic heterocycles. The molecule has 196 valence electrons. The zero-order chi connectivity index (χ0) is 26.4. The fourth-order valence-electron chi connectivity index (χ4n) is 5.29. The number of anilines is 2. The van der Waals surface area contributed by atoms with Gasteiger partial charge in [-0.1, -0.05) is 24.3 Å². The molecule has 0 saturated carbocycles. The summed E-state index contributed by atoms with van der Waals surface area (Å²) in [5.74, 6) is -1.49. The summed E-state index contributed by atoms with van der Waals surface area (Å²) >= 11 is 0. The highest BCUT2D eigenvalue weighted by Gasteiger charge is 2.31. The number of pyridine rings is 1. The topological polar surface area (TPSA) is 105 Å². The smallest absolute Gasteiger partial charge is 0.341 e. The Morgan fingerprint density at radius 2 is 1.87 bits per heavy atom. The molecule has 38 heavy (non-hydrogen) atoms. The highest BCUT2D eigenvalue weighted by molar-refractivity contribution is 6.06. The summed E-state index contributed by atoms with van der Waals surface area (Å²) in [6.07, 6.45) is 2.06. The monoisotopic (exact) mass is 518 g/mol. The number of carboxylic acids is 1. The number of fused-ring (bicyclic) bond motifs is 3. The molecule has 0 aliphatic carbocycles. The lowest BCUT2D eigenvalue weighted by Gasteiger charge is -2.28. The van der Waals surface area contributed by atoms with Crippen molar-refractivity contribution in [2.75, 3.05) is 57.1 Å². The Morgan fingerprint density at radius 3 is 2.58 bits per heavy atom. The van der Waals surface area contributed by atoms with Crippen LogP contribution >= 0.6 is 0 Å². The van der Waals surface area contributed by atoms with Crippen LogP contribution in [0.4, 0.5) is 15.8 Å². The standard InChI is InChI=1S/C28H27FN4O5/c1-30-23-21-25-27(24(22(23)29)31-7-4-8-32-9-11-37-12-10-32)38-20-14-17-6-3-2-5-16(17)13-19(20)33(25)15-18(26(21)34)28(35)36/h2-3,5-6,13-15,30-31H,4,7-12H2,1H3,(H,35,36). The molecule has 0 spiro atoms. The average molecular weight is 519 g/mol. The molecule has 4 aromatic rings. The number of aromatic carboxylic acids is 1. The summed E-state index contributed by atoms with van der Waals surface area (Å²) in [7, 11) is 1.50. The van der Waals surface area contributed by atoms with Gasteiger partial charge in [0.25, 0.3) is 0 Å². The van der Waals surface area contributed by atoms with Crippen molar-refractivity contribution >= 4 is 39.0 Å². The van der Waals surface area contributed by atoms with E-state index in [0.717, 1.165) is 36.8 Å². The molecule has 9 nitrogen and oxygen atoms in total. The van der Waals surface area contributed by atoms with Crippen LogP contribution < -0.4 is 20.8 Å². The van der Waals surface area contributed by atoms with Crippen molar-refractivity contribution in [3.63, 3.8) is 0 Å². The van der Waals surface area contributed by atoms with Crippen molar-refractivity contribution in [1.82, 2.24) is 9.47 Å². The summed E-state index contributed by atoms with van der Waals surface area (Å²) in [5, 5.41) is 17.5. The first-order valence-electron chi connectivity index (χ1n) is 12.6. The third-order valence-corrected chi connectivity index (χ3v) is 7.17. The van der Waals surface area contributed by atoms with Crippen molar-refractivity contribution in [1.29, 1.82) is 0 Å². The number of rotatable bonds is 7. The Morgan fingerprint density at radius 1 is 1.13 bits per heavy atom. The minimum atomic E-state index is -1.39. The number of morpholine rings is 1. The molecule has 0 radical (unpaired) electrons. The van der Waals surface area contributed by atoms with Crippen LogP contribution in [-0.2, 0) is 4.74 Å². The van der Waals surface area contributed by atoms with E-state index in [9.17, 15) is 14.7 Å². The second kappa shape index (κ2) is 9.62. The Balaban J connectivity index is 1.52. The summed E-state index contributed by atoms with van der Waals surface area (Å²) in [6.45, 7) is 4.46. The number of nitrogens with one attached hydrogen (secondary N) is 2. The van der Waals surface area contributed by atoms with Gasteiger partial charge in [-0.25, -0.2) is 9.18 Å². The van der Waals surface area contributed by atoms with Crippen molar-refractivity contribution in [2.24, 2.45) is 0 Å². The number of benzene rings is 3. The normalized spacial score (nSPS) is 14.8. The molecule has 10 heteroatoms. The lowest BCUT2D eigenvalue weighted by atomic mass is 10.0. The molecule has 0 bridgehead atoms. The van der Waals surface area contributed by atoms with Gasteiger partial charge in [0.05, 0.1) is 30.0 Å². The lowest BCUT2D eigenvalue weighted by Crippen LogP contribution is -2.37. The quantitative estimate of drug-likeness (QED) is 0.275. The number of aromatic nitrogens is 1. The molecule has 3 aromatic carbocycles. The van der Waals surface area contributed by atoms with Crippen molar-refractivity contribution < 1.29 is 23.8 Å². The molecule has 1 fully saturated rings. The molecule has 0 unspecified atom stereocenters. The molecule has 1 saturated heterocycles. The molecule has 3 heterocycles. The number of ether oxygens (including phenoxy) is 2. The van der Waals surface area contributed by atoms with E-state index in [1.54, 1.807) is 4.57 Å². The summed E-state index contributed by atoms with van der Waals surface area (Å²) in [5.41, 5.74) is -0.306. The van der Waals surface area contributed by atoms with Gasteiger partial charge in [0.15, 0.2) is 17.3 Å². The zero-order valence-electron chi connectivity index (χ0n) is 20.8. The fraction of sp³-hybridized carbons (Fsp3) is 0.286. The first kappa shape index (κ1) is 24.2. The Hall–Kier alpha value is -4.15. The van der Waals surface area contributed by atoms with E-state index in [-0.39, 0.29) is 22.5 Å². The molecule has 3 N–H and O–H groups in total. The molecule has 0 amide bonds. The number of hydrogen-bond donors (Lipinski definition) is 3. The maximum absolute atomic E-state index is 16.0. The Kier molecular flexibility index (Phi) is 6.13.